The minimum atomic E-state index is 0.701. The van der Waals surface area contributed by atoms with Gasteiger partial charge in [-0.1, -0.05) is 121 Å². The van der Waals surface area contributed by atoms with Gasteiger partial charge in [0.1, 0.15) is 0 Å². The highest BCUT2D eigenvalue weighted by Crippen LogP contribution is 2.38. The Kier molecular flexibility index (Phi) is 6.43. The molecule has 0 saturated heterocycles. The summed E-state index contributed by atoms with van der Waals surface area (Å²) < 4.78 is 2.39. The van der Waals surface area contributed by atoms with Crippen LogP contribution in [0.4, 0.5) is 0 Å². The lowest BCUT2D eigenvalue weighted by Crippen LogP contribution is -1.98. The summed E-state index contributed by atoms with van der Waals surface area (Å²) in [7, 11) is 0. The zero-order chi connectivity index (χ0) is 31.2. The second-order valence-electron chi connectivity index (χ2n) is 11.7. The van der Waals surface area contributed by atoms with Crippen LogP contribution in [-0.2, 0) is 0 Å². The lowest BCUT2D eigenvalue weighted by atomic mass is 9.98. The minimum absolute atomic E-state index is 0.701. The molecule has 0 N–H and O–H groups in total. The molecule has 0 saturated carbocycles. The number of pyridine rings is 1. The summed E-state index contributed by atoms with van der Waals surface area (Å²) >= 11 is 0. The maximum atomic E-state index is 5.18. The molecule has 0 unspecified atom stereocenters. The molecule has 0 aliphatic carbocycles. The number of aromatic nitrogens is 4. The van der Waals surface area contributed by atoms with Crippen LogP contribution in [0.25, 0.3) is 83.3 Å². The lowest BCUT2D eigenvalue weighted by Gasteiger charge is -2.15. The first-order valence-electron chi connectivity index (χ1n) is 15.8. The maximum Gasteiger partial charge on any atom is 0.160 e. The standard InChI is InChI=1S/C43H28N4/c1-2-10-32(11-3-1)43-45-38(31-22-20-29(21-23-31)30-24-26-44-27-25-30)28-39(46-43)34-15-8-16-35-33(34)14-9-19-42(35)47-40-17-6-4-12-36(40)37-13-5-7-18-41(37)47/h1-28H. The molecule has 0 radical (unpaired) electrons. The van der Waals surface area contributed by atoms with E-state index in [9.17, 15) is 0 Å². The average Bonchev–Trinajstić information content (AvgIpc) is 3.49. The van der Waals surface area contributed by atoms with Crippen LogP contribution in [0.15, 0.2) is 170 Å². The van der Waals surface area contributed by atoms with Gasteiger partial charge in [0.15, 0.2) is 5.82 Å². The Hall–Kier alpha value is -6.39. The fourth-order valence-electron chi connectivity index (χ4n) is 6.72. The number of para-hydroxylation sites is 2. The first-order chi connectivity index (χ1) is 23.3. The molecule has 4 nitrogen and oxygen atoms in total. The number of rotatable bonds is 5. The fraction of sp³-hybridized carbons (Fsp3) is 0. The van der Waals surface area contributed by atoms with Crippen molar-refractivity contribution in [2.24, 2.45) is 0 Å². The zero-order valence-corrected chi connectivity index (χ0v) is 25.5. The van der Waals surface area contributed by atoms with E-state index in [1.54, 1.807) is 0 Å². The largest absolute Gasteiger partial charge is 0.309 e. The van der Waals surface area contributed by atoms with E-state index in [-0.39, 0.29) is 0 Å². The third-order valence-corrected chi connectivity index (χ3v) is 8.95. The summed E-state index contributed by atoms with van der Waals surface area (Å²) in [5.74, 6) is 0.701. The van der Waals surface area contributed by atoms with Crippen molar-refractivity contribution in [3.05, 3.63) is 170 Å². The second kappa shape index (κ2) is 11.2. The summed E-state index contributed by atoms with van der Waals surface area (Å²) in [6.45, 7) is 0. The quantitative estimate of drug-likeness (QED) is 0.197. The summed E-state index contributed by atoms with van der Waals surface area (Å²) in [5, 5.41) is 4.81. The van der Waals surface area contributed by atoms with Gasteiger partial charge in [-0.3, -0.25) is 4.98 Å². The molecule has 9 rings (SSSR count). The predicted octanol–water partition coefficient (Wildman–Crippen LogP) is 10.8. The van der Waals surface area contributed by atoms with E-state index >= 15 is 0 Å². The Bertz CT molecular complexity index is 2500. The van der Waals surface area contributed by atoms with E-state index < -0.39 is 0 Å². The lowest BCUT2D eigenvalue weighted by molar-refractivity contribution is 1.18. The van der Waals surface area contributed by atoms with Gasteiger partial charge in [0.2, 0.25) is 0 Å². The van der Waals surface area contributed by atoms with Crippen molar-refractivity contribution in [1.29, 1.82) is 0 Å². The van der Waals surface area contributed by atoms with E-state index in [4.69, 9.17) is 9.97 Å². The Morgan fingerprint density at radius 3 is 1.70 bits per heavy atom. The van der Waals surface area contributed by atoms with Crippen LogP contribution in [0.2, 0.25) is 0 Å². The predicted molar refractivity (Wildman–Crippen MR) is 193 cm³/mol. The van der Waals surface area contributed by atoms with Crippen LogP contribution in [-0.4, -0.2) is 19.5 Å². The molecule has 0 bridgehead atoms. The van der Waals surface area contributed by atoms with Crippen LogP contribution < -0.4 is 0 Å². The average molecular weight is 601 g/mol. The van der Waals surface area contributed by atoms with Crippen molar-refractivity contribution in [1.82, 2.24) is 19.5 Å². The molecule has 0 aliphatic rings. The highest BCUT2D eigenvalue weighted by Gasteiger charge is 2.17. The summed E-state index contributed by atoms with van der Waals surface area (Å²) in [4.78, 5) is 14.4. The molecular weight excluding hydrogens is 573 g/mol. The fourth-order valence-corrected chi connectivity index (χ4v) is 6.72. The van der Waals surface area contributed by atoms with Crippen LogP contribution >= 0.6 is 0 Å². The molecule has 0 spiro atoms. The van der Waals surface area contributed by atoms with Crippen molar-refractivity contribution in [2.45, 2.75) is 0 Å². The van der Waals surface area contributed by atoms with Crippen LogP contribution in [0.1, 0.15) is 0 Å². The van der Waals surface area contributed by atoms with E-state index in [1.165, 1.54) is 27.2 Å². The molecule has 6 aromatic carbocycles. The van der Waals surface area contributed by atoms with E-state index in [0.29, 0.717) is 5.82 Å². The highest BCUT2D eigenvalue weighted by atomic mass is 15.0. The van der Waals surface area contributed by atoms with Gasteiger partial charge in [-0.05, 0) is 52.9 Å². The third-order valence-electron chi connectivity index (χ3n) is 8.95. The van der Waals surface area contributed by atoms with E-state index in [0.717, 1.165) is 50.3 Å². The van der Waals surface area contributed by atoms with Gasteiger partial charge in [-0.2, -0.15) is 0 Å². The van der Waals surface area contributed by atoms with E-state index in [1.807, 2.05) is 42.7 Å². The van der Waals surface area contributed by atoms with Gasteiger partial charge >= 0.3 is 0 Å². The molecule has 4 heteroatoms. The number of fused-ring (bicyclic) bond motifs is 4. The first-order valence-corrected chi connectivity index (χ1v) is 15.8. The first kappa shape index (κ1) is 27.0. The monoisotopic (exact) mass is 600 g/mol. The normalized spacial score (nSPS) is 11.4. The summed E-state index contributed by atoms with van der Waals surface area (Å²) in [6, 6.07) is 55.4. The zero-order valence-electron chi connectivity index (χ0n) is 25.5. The van der Waals surface area contributed by atoms with Crippen molar-refractivity contribution in [2.75, 3.05) is 0 Å². The molecule has 3 heterocycles. The number of hydrogen-bond acceptors (Lipinski definition) is 3. The topological polar surface area (TPSA) is 43.6 Å². The smallest absolute Gasteiger partial charge is 0.160 e. The van der Waals surface area contributed by atoms with Gasteiger partial charge in [-0.15, -0.1) is 0 Å². The van der Waals surface area contributed by atoms with Gasteiger partial charge in [0, 0.05) is 45.2 Å². The number of benzene rings is 6. The maximum absolute atomic E-state index is 5.18. The molecule has 47 heavy (non-hydrogen) atoms. The van der Waals surface area contributed by atoms with Crippen molar-refractivity contribution < 1.29 is 0 Å². The van der Waals surface area contributed by atoms with Gasteiger partial charge in [0.05, 0.1) is 28.1 Å². The van der Waals surface area contributed by atoms with Crippen LogP contribution in [0, 0.1) is 0 Å². The van der Waals surface area contributed by atoms with Gasteiger partial charge in [0.25, 0.3) is 0 Å². The highest BCUT2D eigenvalue weighted by molar-refractivity contribution is 6.11. The Labute approximate surface area is 272 Å². The van der Waals surface area contributed by atoms with E-state index in [2.05, 4.69) is 137 Å². The molecule has 0 atom stereocenters. The number of hydrogen-bond donors (Lipinski definition) is 0. The Morgan fingerprint density at radius 1 is 0.383 bits per heavy atom. The Balaban J connectivity index is 1.24. The van der Waals surface area contributed by atoms with Crippen molar-refractivity contribution in [3.8, 4) is 50.7 Å². The number of nitrogens with zero attached hydrogens (tertiary/aromatic N) is 4. The molecule has 0 aliphatic heterocycles. The molecule has 9 aromatic rings. The molecule has 220 valence electrons. The molecule has 0 amide bonds. The SMILES string of the molecule is c1ccc(-c2nc(-c3ccc(-c4ccncc4)cc3)cc(-c3cccc4c(-n5c6ccccc6c6ccccc65)cccc34)n2)cc1. The molecule has 3 aromatic heterocycles. The van der Waals surface area contributed by atoms with Gasteiger partial charge in [-0.25, -0.2) is 9.97 Å². The Morgan fingerprint density at radius 2 is 0.957 bits per heavy atom. The van der Waals surface area contributed by atoms with Crippen molar-refractivity contribution in [3.63, 3.8) is 0 Å². The van der Waals surface area contributed by atoms with Gasteiger partial charge < -0.3 is 4.57 Å². The molecular formula is C43H28N4. The van der Waals surface area contributed by atoms with Crippen molar-refractivity contribution >= 4 is 32.6 Å². The minimum Gasteiger partial charge on any atom is -0.309 e. The van der Waals surface area contributed by atoms with Crippen LogP contribution in [0.3, 0.4) is 0 Å². The van der Waals surface area contributed by atoms with Crippen LogP contribution in [0.5, 0.6) is 0 Å². The third kappa shape index (κ3) is 4.66. The second-order valence-corrected chi connectivity index (χ2v) is 11.7. The summed E-state index contributed by atoms with van der Waals surface area (Å²) in [5.41, 5.74) is 10.7. The summed E-state index contributed by atoms with van der Waals surface area (Å²) in [6.07, 6.45) is 3.64. The molecule has 0 fully saturated rings.